The standard InChI is InChI=1S/C22H35NO2/c1-14-7-6-9-17(23(14)3)11-12-19-18-10-5-4-8-16(18)13-20-21(19)15(2)25-22(20)24/h11-12,14-21H,4-10,13H2,1-3H3/t14-,15+,16-,17?,18+,19-,20+,21-/m1/s1. The van der Waals surface area contributed by atoms with Crippen molar-refractivity contribution in [3.63, 3.8) is 0 Å². The maximum atomic E-state index is 12.4. The summed E-state index contributed by atoms with van der Waals surface area (Å²) in [6.07, 6.45) is 15.5. The fourth-order valence-electron chi connectivity index (χ4n) is 6.43. The van der Waals surface area contributed by atoms with Gasteiger partial charge in [0.1, 0.15) is 6.10 Å². The fourth-order valence-corrected chi connectivity index (χ4v) is 6.43. The molecule has 1 unspecified atom stereocenters. The highest BCUT2D eigenvalue weighted by Crippen LogP contribution is 2.53. The third kappa shape index (κ3) is 3.18. The van der Waals surface area contributed by atoms with E-state index in [0.29, 0.717) is 23.9 Å². The van der Waals surface area contributed by atoms with E-state index < -0.39 is 0 Å². The molecule has 4 aliphatic rings. The van der Waals surface area contributed by atoms with Gasteiger partial charge >= 0.3 is 5.97 Å². The molecule has 0 spiro atoms. The fraction of sp³-hybridized carbons (Fsp3) is 0.864. The molecule has 2 aliphatic carbocycles. The largest absolute Gasteiger partial charge is 0.462 e. The van der Waals surface area contributed by atoms with E-state index in [1.807, 2.05) is 0 Å². The molecule has 0 radical (unpaired) electrons. The van der Waals surface area contributed by atoms with Crippen LogP contribution in [0.1, 0.15) is 65.2 Å². The van der Waals surface area contributed by atoms with Gasteiger partial charge in [-0.25, -0.2) is 0 Å². The summed E-state index contributed by atoms with van der Waals surface area (Å²) >= 11 is 0. The number of cyclic esters (lactones) is 1. The number of carbonyl (C=O) groups is 1. The highest BCUT2D eigenvalue weighted by atomic mass is 16.6. The van der Waals surface area contributed by atoms with Gasteiger partial charge in [-0.1, -0.05) is 37.8 Å². The van der Waals surface area contributed by atoms with Crippen molar-refractivity contribution in [3.8, 4) is 0 Å². The number of ether oxygens (including phenoxy) is 1. The van der Waals surface area contributed by atoms with E-state index in [4.69, 9.17) is 4.74 Å². The average molecular weight is 346 g/mol. The average Bonchev–Trinajstić information content (AvgIpc) is 2.89. The number of hydrogen-bond acceptors (Lipinski definition) is 3. The minimum absolute atomic E-state index is 0.0864. The monoisotopic (exact) mass is 345 g/mol. The van der Waals surface area contributed by atoms with Gasteiger partial charge in [0.25, 0.3) is 0 Å². The number of allylic oxidation sites excluding steroid dienone is 1. The molecule has 2 aliphatic heterocycles. The van der Waals surface area contributed by atoms with Crippen molar-refractivity contribution in [1.29, 1.82) is 0 Å². The summed E-state index contributed by atoms with van der Waals surface area (Å²) in [7, 11) is 2.27. The molecule has 140 valence electrons. The van der Waals surface area contributed by atoms with Crippen molar-refractivity contribution in [1.82, 2.24) is 4.90 Å². The first-order chi connectivity index (χ1) is 12.1. The van der Waals surface area contributed by atoms with Crippen LogP contribution in [0.15, 0.2) is 12.2 Å². The second kappa shape index (κ2) is 7.06. The van der Waals surface area contributed by atoms with Gasteiger partial charge in [-0.05, 0) is 64.3 Å². The number of likely N-dealkylation sites (tertiary alicyclic amines) is 1. The van der Waals surface area contributed by atoms with Crippen molar-refractivity contribution < 1.29 is 9.53 Å². The summed E-state index contributed by atoms with van der Waals surface area (Å²) in [5.41, 5.74) is 0. The molecule has 0 aromatic carbocycles. The van der Waals surface area contributed by atoms with Crippen molar-refractivity contribution in [2.75, 3.05) is 7.05 Å². The van der Waals surface area contributed by atoms with Crippen LogP contribution < -0.4 is 0 Å². The Balaban J connectivity index is 1.57. The molecule has 0 amide bonds. The van der Waals surface area contributed by atoms with Crippen LogP contribution >= 0.6 is 0 Å². The number of fused-ring (bicyclic) bond motifs is 2. The normalized spacial score (nSPS) is 48.2. The van der Waals surface area contributed by atoms with E-state index >= 15 is 0 Å². The molecular formula is C22H35NO2. The van der Waals surface area contributed by atoms with Gasteiger partial charge in [-0.2, -0.15) is 0 Å². The highest BCUT2D eigenvalue weighted by molar-refractivity contribution is 5.75. The predicted octanol–water partition coefficient (Wildman–Crippen LogP) is 4.42. The molecule has 3 heteroatoms. The topological polar surface area (TPSA) is 29.5 Å². The Kier molecular flexibility index (Phi) is 4.96. The van der Waals surface area contributed by atoms with Crippen LogP contribution in [0.2, 0.25) is 0 Å². The van der Waals surface area contributed by atoms with E-state index in [9.17, 15) is 4.79 Å². The summed E-state index contributed by atoms with van der Waals surface area (Å²) in [6, 6.07) is 1.25. The quantitative estimate of drug-likeness (QED) is 0.548. The smallest absolute Gasteiger partial charge is 0.309 e. The van der Waals surface area contributed by atoms with E-state index in [1.54, 1.807) is 0 Å². The zero-order valence-corrected chi connectivity index (χ0v) is 16.2. The number of carbonyl (C=O) groups excluding carboxylic acids is 1. The molecule has 25 heavy (non-hydrogen) atoms. The molecule has 2 saturated heterocycles. The molecule has 2 heterocycles. The van der Waals surface area contributed by atoms with E-state index in [-0.39, 0.29) is 18.0 Å². The summed E-state index contributed by atoms with van der Waals surface area (Å²) in [5, 5.41) is 0. The Hall–Kier alpha value is -0.830. The lowest BCUT2D eigenvalue weighted by Gasteiger charge is -2.46. The molecule has 0 aromatic rings. The zero-order valence-electron chi connectivity index (χ0n) is 16.2. The van der Waals surface area contributed by atoms with Gasteiger partial charge in [0.15, 0.2) is 0 Å². The second-order valence-corrected chi connectivity index (χ2v) is 9.24. The Bertz CT molecular complexity index is 530. The van der Waals surface area contributed by atoms with Crippen molar-refractivity contribution in [3.05, 3.63) is 12.2 Å². The molecule has 4 rings (SSSR count). The summed E-state index contributed by atoms with van der Waals surface area (Å²) in [4.78, 5) is 14.9. The number of likely N-dealkylation sites (N-methyl/N-ethyl adjacent to an activating group) is 1. The molecule has 2 saturated carbocycles. The SMILES string of the molecule is C[C@@H]1OC(=O)[C@H]2C[C@H]3CCCC[C@@H]3[C@@H](C=CC3CCC[C@@H](C)N3C)[C@@H]12. The van der Waals surface area contributed by atoms with Crippen LogP contribution in [-0.2, 0) is 9.53 Å². The molecule has 0 bridgehead atoms. The lowest BCUT2D eigenvalue weighted by Crippen LogP contribution is -2.44. The van der Waals surface area contributed by atoms with Crippen LogP contribution in [0, 0.1) is 29.6 Å². The number of nitrogens with zero attached hydrogens (tertiary/aromatic N) is 1. The Morgan fingerprint density at radius 3 is 2.68 bits per heavy atom. The first kappa shape index (κ1) is 17.6. The molecular weight excluding hydrogens is 310 g/mol. The zero-order chi connectivity index (χ0) is 17.6. The van der Waals surface area contributed by atoms with Gasteiger partial charge < -0.3 is 4.74 Å². The maximum Gasteiger partial charge on any atom is 0.309 e. The van der Waals surface area contributed by atoms with Crippen LogP contribution in [0.5, 0.6) is 0 Å². The van der Waals surface area contributed by atoms with Gasteiger partial charge in [-0.3, -0.25) is 9.69 Å². The van der Waals surface area contributed by atoms with E-state index in [2.05, 4.69) is 37.9 Å². The number of hydrogen-bond donors (Lipinski definition) is 0. The van der Waals surface area contributed by atoms with Gasteiger partial charge in [0.2, 0.25) is 0 Å². The van der Waals surface area contributed by atoms with Gasteiger partial charge in [-0.15, -0.1) is 0 Å². The molecule has 8 atom stereocenters. The van der Waals surface area contributed by atoms with E-state index in [1.165, 1.54) is 44.9 Å². The van der Waals surface area contributed by atoms with Crippen molar-refractivity contribution in [2.24, 2.45) is 29.6 Å². The van der Waals surface area contributed by atoms with Crippen LogP contribution in [-0.4, -0.2) is 36.1 Å². The van der Waals surface area contributed by atoms with E-state index in [0.717, 1.165) is 18.3 Å². The lowest BCUT2D eigenvalue weighted by atomic mass is 9.57. The predicted molar refractivity (Wildman–Crippen MR) is 100 cm³/mol. The van der Waals surface area contributed by atoms with Crippen LogP contribution in [0.3, 0.4) is 0 Å². The molecule has 3 nitrogen and oxygen atoms in total. The summed E-state index contributed by atoms with van der Waals surface area (Å²) in [6.45, 7) is 4.47. The first-order valence-electron chi connectivity index (χ1n) is 10.7. The number of rotatable bonds is 2. The maximum absolute atomic E-state index is 12.4. The van der Waals surface area contributed by atoms with Crippen molar-refractivity contribution in [2.45, 2.75) is 83.4 Å². The molecule has 4 fully saturated rings. The first-order valence-corrected chi connectivity index (χ1v) is 10.7. The Labute approximate surface area is 153 Å². The highest BCUT2D eigenvalue weighted by Gasteiger charge is 2.53. The lowest BCUT2D eigenvalue weighted by molar-refractivity contribution is -0.144. The minimum Gasteiger partial charge on any atom is -0.462 e. The van der Waals surface area contributed by atoms with Crippen LogP contribution in [0.4, 0.5) is 0 Å². The van der Waals surface area contributed by atoms with Gasteiger partial charge in [0.05, 0.1) is 5.92 Å². The third-order valence-electron chi connectivity index (χ3n) is 7.97. The summed E-state index contributed by atoms with van der Waals surface area (Å²) in [5.74, 6) is 2.71. The minimum atomic E-state index is 0.0864. The molecule has 0 aromatic heterocycles. The Morgan fingerprint density at radius 2 is 1.84 bits per heavy atom. The number of esters is 1. The Morgan fingerprint density at radius 1 is 1.04 bits per heavy atom. The third-order valence-corrected chi connectivity index (χ3v) is 7.97. The van der Waals surface area contributed by atoms with Crippen molar-refractivity contribution >= 4 is 5.97 Å². The molecule has 0 N–H and O–H groups in total. The second-order valence-electron chi connectivity index (χ2n) is 9.24. The van der Waals surface area contributed by atoms with Gasteiger partial charge in [0, 0.05) is 18.0 Å². The van der Waals surface area contributed by atoms with Crippen LogP contribution in [0.25, 0.3) is 0 Å². The number of piperidine rings is 1. The summed E-state index contributed by atoms with van der Waals surface area (Å²) < 4.78 is 5.69.